The summed E-state index contributed by atoms with van der Waals surface area (Å²) in [6, 6.07) is 7.14. The zero-order valence-corrected chi connectivity index (χ0v) is 8.87. The van der Waals surface area contributed by atoms with Crippen LogP contribution >= 0.6 is 11.6 Å². The van der Waals surface area contributed by atoms with Gasteiger partial charge in [-0.1, -0.05) is 23.7 Å². The molecule has 1 heterocycles. The van der Waals surface area contributed by atoms with Gasteiger partial charge in [0.15, 0.2) is 0 Å². The van der Waals surface area contributed by atoms with Gasteiger partial charge in [-0.05, 0) is 12.1 Å². The molecule has 0 saturated carbocycles. The van der Waals surface area contributed by atoms with Crippen molar-refractivity contribution in [3.05, 3.63) is 29.3 Å². The fraction of sp³-hybridized carbons (Fsp3) is 0.300. The molecule has 0 bridgehead atoms. The monoisotopic (exact) mass is 225 g/mol. The molecule has 1 unspecified atom stereocenters. The van der Waals surface area contributed by atoms with E-state index >= 15 is 0 Å². The molecule has 80 valence electrons. The highest BCUT2D eigenvalue weighted by Gasteiger charge is 2.29. The van der Waals surface area contributed by atoms with E-state index in [1.165, 1.54) is 0 Å². The van der Waals surface area contributed by atoms with E-state index in [1.54, 1.807) is 11.0 Å². The van der Waals surface area contributed by atoms with Gasteiger partial charge in [-0.3, -0.25) is 4.90 Å². The molecule has 1 aromatic carbocycles. The van der Waals surface area contributed by atoms with Crippen molar-refractivity contribution in [3.8, 4) is 0 Å². The summed E-state index contributed by atoms with van der Waals surface area (Å²) in [7, 11) is 0. The van der Waals surface area contributed by atoms with Gasteiger partial charge in [0, 0.05) is 13.1 Å². The molecule has 5 heteroatoms. The Morgan fingerprint density at radius 2 is 2.27 bits per heavy atom. The number of anilines is 1. The Hall–Kier alpha value is -1.26. The molecule has 0 spiro atoms. The molecule has 1 aliphatic heterocycles. The lowest BCUT2D eigenvalue weighted by Gasteiger charge is -2.15. The number of nitrogens with zero attached hydrogens (tertiary/aromatic N) is 1. The number of urea groups is 1. The van der Waals surface area contributed by atoms with Crippen LogP contribution in [0.1, 0.15) is 0 Å². The van der Waals surface area contributed by atoms with E-state index in [0.717, 1.165) is 5.69 Å². The zero-order valence-electron chi connectivity index (χ0n) is 8.11. The standard InChI is InChI=1S/C10H12ClN3O/c11-8-3-1-2-4-9(8)14-6-7(5-12)13-10(14)15/h1-4,7H,5-6,12H2,(H,13,15). The number of nitrogens with one attached hydrogen (secondary N) is 1. The van der Waals surface area contributed by atoms with E-state index in [4.69, 9.17) is 17.3 Å². The number of nitrogens with two attached hydrogens (primary N) is 1. The van der Waals surface area contributed by atoms with Crippen LogP contribution in [-0.4, -0.2) is 25.2 Å². The average Bonchev–Trinajstić information content (AvgIpc) is 2.60. The van der Waals surface area contributed by atoms with Gasteiger partial charge in [-0.2, -0.15) is 0 Å². The minimum absolute atomic E-state index is 0.00812. The van der Waals surface area contributed by atoms with Crippen molar-refractivity contribution in [1.82, 2.24) is 5.32 Å². The number of para-hydroxylation sites is 1. The molecular formula is C10H12ClN3O. The molecule has 2 amide bonds. The Morgan fingerprint density at radius 1 is 1.53 bits per heavy atom. The van der Waals surface area contributed by atoms with Crippen LogP contribution < -0.4 is 16.0 Å². The Morgan fingerprint density at radius 3 is 2.87 bits per heavy atom. The van der Waals surface area contributed by atoms with Crippen LogP contribution in [0.2, 0.25) is 5.02 Å². The average molecular weight is 226 g/mol. The van der Waals surface area contributed by atoms with Crippen LogP contribution in [0.25, 0.3) is 0 Å². The van der Waals surface area contributed by atoms with Crippen LogP contribution in [0.5, 0.6) is 0 Å². The number of carbonyl (C=O) groups is 1. The third kappa shape index (κ3) is 1.91. The Balaban J connectivity index is 2.25. The van der Waals surface area contributed by atoms with Gasteiger partial charge in [0.2, 0.25) is 0 Å². The minimum atomic E-state index is -0.140. The van der Waals surface area contributed by atoms with Crippen molar-refractivity contribution in [1.29, 1.82) is 0 Å². The van der Waals surface area contributed by atoms with Gasteiger partial charge in [0.05, 0.1) is 16.8 Å². The summed E-state index contributed by atoms with van der Waals surface area (Å²) in [6.07, 6.45) is 0. The van der Waals surface area contributed by atoms with E-state index in [-0.39, 0.29) is 12.1 Å². The van der Waals surface area contributed by atoms with Gasteiger partial charge >= 0.3 is 6.03 Å². The van der Waals surface area contributed by atoms with Crippen LogP contribution in [0.4, 0.5) is 10.5 Å². The number of hydrogen-bond donors (Lipinski definition) is 2. The predicted octanol–water partition coefficient (Wildman–Crippen LogP) is 1.20. The molecule has 2 rings (SSSR count). The highest BCUT2D eigenvalue weighted by Crippen LogP contribution is 2.26. The van der Waals surface area contributed by atoms with E-state index in [2.05, 4.69) is 5.32 Å². The second kappa shape index (κ2) is 4.08. The molecule has 0 radical (unpaired) electrons. The van der Waals surface area contributed by atoms with E-state index in [1.807, 2.05) is 18.2 Å². The number of benzene rings is 1. The van der Waals surface area contributed by atoms with E-state index < -0.39 is 0 Å². The summed E-state index contributed by atoms with van der Waals surface area (Å²) < 4.78 is 0. The maximum atomic E-state index is 11.6. The molecule has 1 fully saturated rings. The molecule has 0 aromatic heterocycles. The first-order valence-corrected chi connectivity index (χ1v) is 5.13. The molecule has 0 aliphatic carbocycles. The van der Waals surface area contributed by atoms with Crippen LogP contribution in [-0.2, 0) is 0 Å². The van der Waals surface area contributed by atoms with Gasteiger partial charge in [0.25, 0.3) is 0 Å². The van der Waals surface area contributed by atoms with Crippen molar-refractivity contribution >= 4 is 23.3 Å². The molecular weight excluding hydrogens is 214 g/mol. The van der Waals surface area contributed by atoms with Crippen molar-refractivity contribution in [2.24, 2.45) is 5.73 Å². The van der Waals surface area contributed by atoms with Crippen molar-refractivity contribution in [3.63, 3.8) is 0 Å². The fourth-order valence-corrected chi connectivity index (χ4v) is 1.85. The lowest BCUT2D eigenvalue weighted by molar-refractivity contribution is 0.251. The van der Waals surface area contributed by atoms with Crippen LogP contribution in [0.3, 0.4) is 0 Å². The lowest BCUT2D eigenvalue weighted by atomic mass is 10.2. The first-order chi connectivity index (χ1) is 7.22. The van der Waals surface area contributed by atoms with Crippen LogP contribution in [0, 0.1) is 0 Å². The lowest BCUT2D eigenvalue weighted by Crippen LogP contribution is -2.33. The van der Waals surface area contributed by atoms with Crippen molar-refractivity contribution in [2.45, 2.75) is 6.04 Å². The quantitative estimate of drug-likeness (QED) is 0.795. The molecule has 4 nitrogen and oxygen atoms in total. The van der Waals surface area contributed by atoms with Gasteiger partial charge in [-0.15, -0.1) is 0 Å². The summed E-state index contributed by atoms with van der Waals surface area (Å²) >= 11 is 6.01. The third-order valence-electron chi connectivity index (χ3n) is 2.40. The highest BCUT2D eigenvalue weighted by molar-refractivity contribution is 6.33. The van der Waals surface area contributed by atoms with Crippen molar-refractivity contribution in [2.75, 3.05) is 18.0 Å². The maximum Gasteiger partial charge on any atom is 0.322 e. The first-order valence-electron chi connectivity index (χ1n) is 4.75. The Labute approximate surface area is 93.0 Å². The number of halogens is 1. The smallest absolute Gasteiger partial charge is 0.322 e. The van der Waals surface area contributed by atoms with E-state index in [9.17, 15) is 4.79 Å². The number of rotatable bonds is 2. The molecule has 3 N–H and O–H groups in total. The van der Waals surface area contributed by atoms with E-state index in [0.29, 0.717) is 18.1 Å². The largest absolute Gasteiger partial charge is 0.332 e. The highest BCUT2D eigenvalue weighted by atomic mass is 35.5. The summed E-state index contributed by atoms with van der Waals surface area (Å²) in [5.74, 6) is 0. The van der Waals surface area contributed by atoms with Gasteiger partial charge < -0.3 is 11.1 Å². The summed E-state index contributed by atoms with van der Waals surface area (Å²) in [5.41, 5.74) is 6.23. The number of hydrogen-bond acceptors (Lipinski definition) is 2. The van der Waals surface area contributed by atoms with Crippen LogP contribution in [0.15, 0.2) is 24.3 Å². The summed E-state index contributed by atoms with van der Waals surface area (Å²) in [5, 5.41) is 3.36. The molecule has 1 aliphatic rings. The van der Waals surface area contributed by atoms with Gasteiger partial charge in [0.1, 0.15) is 0 Å². The number of amides is 2. The SMILES string of the molecule is NCC1CN(c2ccccc2Cl)C(=O)N1. The van der Waals surface area contributed by atoms with Crippen molar-refractivity contribution < 1.29 is 4.79 Å². The summed E-state index contributed by atoms with van der Waals surface area (Å²) in [6.45, 7) is 1.01. The zero-order chi connectivity index (χ0) is 10.8. The second-order valence-electron chi connectivity index (χ2n) is 3.44. The predicted molar refractivity (Wildman–Crippen MR) is 60.2 cm³/mol. The van der Waals surface area contributed by atoms with Gasteiger partial charge in [-0.25, -0.2) is 4.79 Å². The summed E-state index contributed by atoms with van der Waals surface area (Å²) in [4.78, 5) is 13.2. The fourth-order valence-electron chi connectivity index (χ4n) is 1.61. The Kier molecular flexibility index (Phi) is 2.79. The normalized spacial score (nSPS) is 20.5. The molecule has 1 aromatic rings. The second-order valence-corrected chi connectivity index (χ2v) is 3.85. The molecule has 1 saturated heterocycles. The molecule has 15 heavy (non-hydrogen) atoms. The maximum absolute atomic E-state index is 11.6. The Bertz CT molecular complexity index is 383. The molecule has 1 atom stereocenters. The topological polar surface area (TPSA) is 58.4 Å². The number of carbonyl (C=O) groups excluding carboxylic acids is 1. The first kappa shape index (κ1) is 10.3. The minimum Gasteiger partial charge on any atom is -0.332 e. The third-order valence-corrected chi connectivity index (χ3v) is 2.72.